The predicted octanol–water partition coefficient (Wildman–Crippen LogP) is 1.68. The molecule has 1 aliphatic heterocycles. The van der Waals surface area contributed by atoms with E-state index in [0.29, 0.717) is 17.5 Å². The Morgan fingerprint density at radius 3 is 2.88 bits per heavy atom. The molecule has 2 atom stereocenters. The van der Waals surface area contributed by atoms with Gasteiger partial charge in [0.2, 0.25) is 0 Å². The summed E-state index contributed by atoms with van der Waals surface area (Å²) < 4.78 is 22.9. The average Bonchev–Trinajstić information content (AvgIpc) is 2.16. The molecular formula is C11H23NO2S2. The highest BCUT2D eigenvalue weighted by atomic mass is 32.2. The van der Waals surface area contributed by atoms with Gasteiger partial charge in [-0.25, -0.2) is 8.42 Å². The zero-order valence-corrected chi connectivity index (χ0v) is 11.9. The first-order valence-electron chi connectivity index (χ1n) is 6.07. The minimum Gasteiger partial charge on any atom is -0.310 e. The highest BCUT2D eigenvalue weighted by Crippen LogP contribution is 2.13. The monoisotopic (exact) mass is 265 g/mol. The average molecular weight is 265 g/mol. The van der Waals surface area contributed by atoms with E-state index < -0.39 is 9.84 Å². The SMILES string of the molecule is CCSCCC(C)NC1CCCS(=O)(=O)C1. The fourth-order valence-electron chi connectivity index (χ4n) is 2.04. The van der Waals surface area contributed by atoms with Gasteiger partial charge in [0.25, 0.3) is 0 Å². The number of rotatable bonds is 6. The lowest BCUT2D eigenvalue weighted by molar-refractivity contribution is 0.425. The van der Waals surface area contributed by atoms with Crippen molar-refractivity contribution in [1.82, 2.24) is 5.32 Å². The van der Waals surface area contributed by atoms with Crippen LogP contribution >= 0.6 is 11.8 Å². The van der Waals surface area contributed by atoms with E-state index in [0.717, 1.165) is 30.8 Å². The smallest absolute Gasteiger partial charge is 0.151 e. The number of hydrogen-bond acceptors (Lipinski definition) is 4. The zero-order valence-electron chi connectivity index (χ0n) is 10.2. The molecule has 5 heteroatoms. The molecule has 0 aromatic carbocycles. The van der Waals surface area contributed by atoms with Gasteiger partial charge in [-0.1, -0.05) is 6.92 Å². The summed E-state index contributed by atoms with van der Waals surface area (Å²) in [6, 6.07) is 0.609. The maximum atomic E-state index is 11.5. The third-order valence-corrected chi connectivity index (χ3v) is 5.64. The Morgan fingerprint density at radius 2 is 2.25 bits per heavy atom. The van der Waals surface area contributed by atoms with Gasteiger partial charge in [0.1, 0.15) is 0 Å². The second-order valence-electron chi connectivity index (χ2n) is 4.51. The van der Waals surface area contributed by atoms with E-state index in [1.807, 2.05) is 11.8 Å². The molecule has 0 aromatic rings. The molecule has 0 aliphatic carbocycles. The van der Waals surface area contributed by atoms with Crippen LogP contribution < -0.4 is 5.32 Å². The summed E-state index contributed by atoms with van der Waals surface area (Å²) in [5, 5.41) is 3.44. The van der Waals surface area contributed by atoms with Crippen LogP contribution in [-0.4, -0.2) is 43.5 Å². The van der Waals surface area contributed by atoms with Crippen LogP contribution in [0.1, 0.15) is 33.1 Å². The summed E-state index contributed by atoms with van der Waals surface area (Å²) in [5.74, 6) is 3.03. The Kier molecular flexibility index (Phi) is 6.15. The lowest BCUT2D eigenvalue weighted by Gasteiger charge is -2.26. The quantitative estimate of drug-likeness (QED) is 0.742. The van der Waals surface area contributed by atoms with Gasteiger partial charge < -0.3 is 5.32 Å². The lowest BCUT2D eigenvalue weighted by Crippen LogP contribution is -2.44. The molecule has 3 nitrogen and oxygen atoms in total. The van der Waals surface area contributed by atoms with E-state index in [9.17, 15) is 8.42 Å². The summed E-state index contributed by atoms with van der Waals surface area (Å²) in [6.45, 7) is 4.31. The van der Waals surface area contributed by atoms with Crippen LogP contribution in [0.5, 0.6) is 0 Å². The third-order valence-electron chi connectivity index (χ3n) is 2.88. The Bertz CT molecular complexity index is 290. The molecular weight excluding hydrogens is 242 g/mol. The van der Waals surface area contributed by atoms with Crippen LogP contribution in [0.3, 0.4) is 0 Å². The van der Waals surface area contributed by atoms with Crippen molar-refractivity contribution in [3.05, 3.63) is 0 Å². The summed E-state index contributed by atoms with van der Waals surface area (Å²) in [5.41, 5.74) is 0. The molecule has 1 heterocycles. The largest absolute Gasteiger partial charge is 0.310 e. The molecule has 16 heavy (non-hydrogen) atoms. The number of sulfone groups is 1. The first kappa shape index (κ1) is 14.3. The maximum absolute atomic E-state index is 11.5. The first-order valence-corrected chi connectivity index (χ1v) is 9.05. The van der Waals surface area contributed by atoms with E-state index in [-0.39, 0.29) is 6.04 Å². The normalized spacial score (nSPS) is 26.5. The van der Waals surface area contributed by atoms with Gasteiger partial charge in [0.05, 0.1) is 11.5 Å². The highest BCUT2D eigenvalue weighted by molar-refractivity contribution is 7.99. The van der Waals surface area contributed by atoms with Crippen molar-refractivity contribution in [1.29, 1.82) is 0 Å². The van der Waals surface area contributed by atoms with Crippen molar-refractivity contribution in [2.75, 3.05) is 23.0 Å². The molecule has 1 fully saturated rings. The molecule has 0 amide bonds. The van der Waals surface area contributed by atoms with Gasteiger partial charge in [-0.2, -0.15) is 11.8 Å². The standard InChI is InChI=1S/C11H23NO2S2/c1-3-15-7-6-10(2)12-11-5-4-8-16(13,14)9-11/h10-12H,3-9H2,1-2H3. The molecule has 0 radical (unpaired) electrons. The summed E-state index contributed by atoms with van der Waals surface area (Å²) in [4.78, 5) is 0. The number of nitrogens with one attached hydrogen (secondary N) is 1. The molecule has 1 N–H and O–H groups in total. The molecule has 0 aromatic heterocycles. The van der Waals surface area contributed by atoms with E-state index >= 15 is 0 Å². The van der Waals surface area contributed by atoms with Gasteiger partial charge in [-0.05, 0) is 37.7 Å². The zero-order chi connectivity index (χ0) is 12.0. The van der Waals surface area contributed by atoms with Crippen molar-refractivity contribution in [2.45, 2.75) is 45.2 Å². The maximum Gasteiger partial charge on any atom is 0.151 e. The summed E-state index contributed by atoms with van der Waals surface area (Å²) in [6.07, 6.45) is 2.94. The van der Waals surface area contributed by atoms with Gasteiger partial charge >= 0.3 is 0 Å². The van der Waals surface area contributed by atoms with Gasteiger partial charge in [-0.15, -0.1) is 0 Å². The molecule has 1 aliphatic rings. The fourth-order valence-corrected chi connectivity index (χ4v) is 4.50. The minimum atomic E-state index is -2.77. The second-order valence-corrected chi connectivity index (χ2v) is 8.13. The highest BCUT2D eigenvalue weighted by Gasteiger charge is 2.25. The number of hydrogen-bond donors (Lipinski definition) is 1. The van der Waals surface area contributed by atoms with E-state index in [1.165, 1.54) is 0 Å². The van der Waals surface area contributed by atoms with E-state index in [4.69, 9.17) is 0 Å². The van der Waals surface area contributed by atoms with Gasteiger partial charge in [0.15, 0.2) is 9.84 Å². The lowest BCUT2D eigenvalue weighted by atomic mass is 10.1. The Hall–Kier alpha value is 0.260. The van der Waals surface area contributed by atoms with Crippen molar-refractivity contribution < 1.29 is 8.42 Å². The molecule has 0 saturated carbocycles. The van der Waals surface area contributed by atoms with Crippen LogP contribution in [0.4, 0.5) is 0 Å². The Balaban J connectivity index is 2.25. The van der Waals surface area contributed by atoms with E-state index in [1.54, 1.807) is 0 Å². The predicted molar refractivity (Wildman–Crippen MR) is 71.9 cm³/mol. The number of thioether (sulfide) groups is 1. The molecule has 0 bridgehead atoms. The van der Waals surface area contributed by atoms with Crippen molar-refractivity contribution >= 4 is 21.6 Å². The van der Waals surface area contributed by atoms with Crippen LogP contribution in [-0.2, 0) is 9.84 Å². The fraction of sp³-hybridized carbons (Fsp3) is 1.00. The minimum absolute atomic E-state index is 0.181. The van der Waals surface area contributed by atoms with Crippen LogP contribution in [0, 0.1) is 0 Å². The summed E-state index contributed by atoms with van der Waals surface area (Å²) in [7, 11) is -2.77. The van der Waals surface area contributed by atoms with Crippen molar-refractivity contribution in [2.24, 2.45) is 0 Å². The molecule has 1 rings (SSSR count). The Morgan fingerprint density at radius 1 is 1.50 bits per heavy atom. The van der Waals surface area contributed by atoms with Gasteiger partial charge in [-0.3, -0.25) is 0 Å². The van der Waals surface area contributed by atoms with Crippen molar-refractivity contribution in [3.8, 4) is 0 Å². The van der Waals surface area contributed by atoms with Gasteiger partial charge in [0, 0.05) is 12.1 Å². The first-order chi connectivity index (χ1) is 7.53. The molecule has 1 saturated heterocycles. The Labute approximate surface area is 104 Å². The van der Waals surface area contributed by atoms with Crippen molar-refractivity contribution in [3.63, 3.8) is 0 Å². The topological polar surface area (TPSA) is 46.2 Å². The second kappa shape index (κ2) is 6.87. The van der Waals surface area contributed by atoms with Crippen LogP contribution in [0.15, 0.2) is 0 Å². The summed E-state index contributed by atoms with van der Waals surface area (Å²) >= 11 is 1.94. The van der Waals surface area contributed by atoms with Crippen LogP contribution in [0.2, 0.25) is 0 Å². The third kappa shape index (κ3) is 5.55. The van der Waals surface area contributed by atoms with E-state index in [2.05, 4.69) is 19.2 Å². The molecule has 96 valence electrons. The molecule has 0 spiro atoms. The van der Waals surface area contributed by atoms with Crippen LogP contribution in [0.25, 0.3) is 0 Å². The molecule has 2 unspecified atom stereocenters.